The fraction of sp³-hybridized carbons (Fsp3) is 0.333. The highest BCUT2D eigenvalue weighted by Gasteiger charge is 2.32. The topological polar surface area (TPSA) is 102 Å². The second kappa shape index (κ2) is 8.20. The number of oxazole rings is 1. The molecule has 9 nitrogen and oxygen atoms in total. The lowest BCUT2D eigenvalue weighted by atomic mass is 10.2. The van der Waals surface area contributed by atoms with Gasteiger partial charge in [-0.25, -0.2) is 13.2 Å². The maximum Gasteiger partial charge on any atom is 0.419 e. The lowest BCUT2D eigenvalue weighted by molar-refractivity contribution is -0.134. The van der Waals surface area contributed by atoms with E-state index < -0.39 is 15.8 Å². The smallest absolute Gasteiger partial charge is 0.419 e. The summed E-state index contributed by atoms with van der Waals surface area (Å²) in [5, 5.41) is 0. The van der Waals surface area contributed by atoms with Gasteiger partial charge in [-0.3, -0.25) is 9.36 Å². The second-order valence-electron chi connectivity index (χ2n) is 7.40. The first kappa shape index (κ1) is 21.1. The number of piperazine rings is 1. The van der Waals surface area contributed by atoms with E-state index in [0.717, 1.165) is 0 Å². The van der Waals surface area contributed by atoms with Gasteiger partial charge in [-0.15, -0.1) is 0 Å². The molecule has 10 heteroatoms. The number of sulfonamides is 1. The first-order valence-corrected chi connectivity index (χ1v) is 11.3. The number of aromatic nitrogens is 1. The monoisotopic (exact) mass is 445 g/mol. The summed E-state index contributed by atoms with van der Waals surface area (Å²) >= 11 is 0. The Hall–Kier alpha value is -3.11. The molecule has 31 heavy (non-hydrogen) atoms. The van der Waals surface area contributed by atoms with Crippen molar-refractivity contribution in [2.75, 3.05) is 32.8 Å². The predicted octanol–water partition coefficient (Wildman–Crippen LogP) is 1.35. The Morgan fingerprint density at radius 1 is 1.10 bits per heavy atom. The van der Waals surface area contributed by atoms with Gasteiger partial charge in [-0.2, -0.15) is 4.31 Å². The number of fused-ring (bicyclic) bond motifs is 1. The SMILES string of the molecule is Cc1cc2c(cc1S(=O)(=O)N1CCN(C(=O)COc3ccccc3)CC1)oc(=O)n2C. The van der Waals surface area contributed by atoms with Gasteiger partial charge in [-0.05, 0) is 30.7 Å². The third-order valence-corrected chi connectivity index (χ3v) is 7.44. The van der Waals surface area contributed by atoms with E-state index in [2.05, 4.69) is 0 Å². The number of aryl methyl sites for hydroxylation is 2. The van der Waals surface area contributed by atoms with Crippen LogP contribution in [0.15, 0.2) is 56.6 Å². The summed E-state index contributed by atoms with van der Waals surface area (Å²) < 4.78 is 39.7. The molecule has 0 N–H and O–H groups in total. The van der Waals surface area contributed by atoms with Crippen LogP contribution in [0.1, 0.15) is 5.56 Å². The van der Waals surface area contributed by atoms with Gasteiger partial charge >= 0.3 is 5.76 Å². The molecule has 2 heterocycles. The summed E-state index contributed by atoms with van der Waals surface area (Å²) in [6, 6.07) is 12.1. The quantitative estimate of drug-likeness (QED) is 0.588. The van der Waals surface area contributed by atoms with Crippen LogP contribution >= 0.6 is 0 Å². The molecule has 1 aliphatic rings. The van der Waals surface area contributed by atoms with Gasteiger partial charge in [-0.1, -0.05) is 18.2 Å². The number of ether oxygens (including phenoxy) is 1. The molecule has 1 aromatic heterocycles. The van der Waals surface area contributed by atoms with E-state index in [9.17, 15) is 18.0 Å². The Labute approximate surface area is 179 Å². The van der Waals surface area contributed by atoms with Gasteiger partial charge in [0.25, 0.3) is 5.91 Å². The number of nitrogens with zero attached hydrogens (tertiary/aromatic N) is 3. The predicted molar refractivity (Wildman–Crippen MR) is 113 cm³/mol. The third kappa shape index (κ3) is 4.08. The third-order valence-electron chi connectivity index (χ3n) is 5.40. The minimum atomic E-state index is -3.80. The van der Waals surface area contributed by atoms with Crippen molar-refractivity contribution in [2.24, 2.45) is 7.05 Å². The zero-order chi connectivity index (χ0) is 22.2. The van der Waals surface area contributed by atoms with Crippen molar-refractivity contribution in [3.63, 3.8) is 0 Å². The van der Waals surface area contributed by atoms with E-state index in [0.29, 0.717) is 16.8 Å². The summed E-state index contributed by atoms with van der Waals surface area (Å²) in [6.07, 6.45) is 0. The van der Waals surface area contributed by atoms with E-state index in [4.69, 9.17) is 9.15 Å². The number of amides is 1. The van der Waals surface area contributed by atoms with Crippen molar-refractivity contribution in [3.05, 3.63) is 58.6 Å². The van der Waals surface area contributed by atoms with Crippen molar-refractivity contribution >= 4 is 27.0 Å². The largest absolute Gasteiger partial charge is 0.484 e. The first-order valence-electron chi connectivity index (χ1n) is 9.83. The number of para-hydroxylation sites is 1. The van der Waals surface area contributed by atoms with Crippen molar-refractivity contribution < 1.29 is 22.4 Å². The molecule has 1 saturated heterocycles. The standard InChI is InChI=1S/C21H23N3O6S/c1-15-12-17-18(30-21(26)22(17)2)13-19(15)31(27,28)24-10-8-23(9-11-24)20(25)14-29-16-6-4-3-5-7-16/h3-7,12-13H,8-11,14H2,1-2H3. The van der Waals surface area contributed by atoms with Crippen LogP contribution in [0.4, 0.5) is 0 Å². The average Bonchev–Trinajstić information content (AvgIpc) is 3.05. The lowest BCUT2D eigenvalue weighted by Gasteiger charge is -2.34. The van der Waals surface area contributed by atoms with Crippen LogP contribution in [0.3, 0.4) is 0 Å². The minimum Gasteiger partial charge on any atom is -0.484 e. The van der Waals surface area contributed by atoms with Crippen molar-refractivity contribution in [2.45, 2.75) is 11.8 Å². The molecule has 2 aromatic carbocycles. The summed E-state index contributed by atoms with van der Waals surface area (Å²) in [5.74, 6) is -0.131. The van der Waals surface area contributed by atoms with Crippen LogP contribution in [0, 0.1) is 6.92 Å². The Bertz CT molecular complexity index is 1270. The van der Waals surface area contributed by atoms with Crippen LogP contribution < -0.4 is 10.5 Å². The molecule has 0 unspecified atom stereocenters. The summed E-state index contributed by atoms with van der Waals surface area (Å²) in [4.78, 5) is 25.9. The molecule has 0 bridgehead atoms. The molecule has 1 amide bonds. The molecule has 0 atom stereocenters. The van der Waals surface area contributed by atoms with Crippen LogP contribution in [-0.2, 0) is 21.9 Å². The molecule has 0 spiro atoms. The van der Waals surface area contributed by atoms with E-state index >= 15 is 0 Å². The Morgan fingerprint density at radius 3 is 2.45 bits per heavy atom. The molecule has 1 fully saturated rings. The summed E-state index contributed by atoms with van der Waals surface area (Å²) in [7, 11) is -2.23. The number of carbonyl (C=O) groups excluding carboxylic acids is 1. The van der Waals surface area contributed by atoms with E-state index in [1.807, 2.05) is 18.2 Å². The molecule has 0 saturated carbocycles. The molecule has 164 valence electrons. The summed E-state index contributed by atoms with van der Waals surface area (Å²) in [6.45, 7) is 2.49. The Balaban J connectivity index is 1.44. The zero-order valence-electron chi connectivity index (χ0n) is 17.3. The normalized spacial score (nSPS) is 15.4. The van der Waals surface area contributed by atoms with Crippen molar-refractivity contribution in [1.29, 1.82) is 0 Å². The number of hydrogen-bond acceptors (Lipinski definition) is 6. The zero-order valence-corrected chi connectivity index (χ0v) is 18.1. The molecule has 0 aliphatic carbocycles. The molecule has 0 radical (unpaired) electrons. The van der Waals surface area contributed by atoms with Crippen LogP contribution in [-0.4, -0.2) is 60.9 Å². The molecule has 3 aromatic rings. The van der Waals surface area contributed by atoms with Gasteiger partial charge in [0.05, 0.1) is 10.4 Å². The van der Waals surface area contributed by atoms with Crippen LogP contribution in [0.5, 0.6) is 5.75 Å². The molecular formula is C21H23N3O6S. The fourth-order valence-electron chi connectivity index (χ4n) is 3.61. The van der Waals surface area contributed by atoms with Crippen LogP contribution in [0.25, 0.3) is 11.1 Å². The second-order valence-corrected chi connectivity index (χ2v) is 9.31. The van der Waals surface area contributed by atoms with Crippen molar-refractivity contribution in [1.82, 2.24) is 13.8 Å². The van der Waals surface area contributed by atoms with Gasteiger partial charge < -0.3 is 14.1 Å². The van der Waals surface area contributed by atoms with Crippen LogP contribution in [0.2, 0.25) is 0 Å². The van der Waals surface area contributed by atoms with Gasteiger partial charge in [0.2, 0.25) is 10.0 Å². The Kier molecular flexibility index (Phi) is 5.59. The van der Waals surface area contributed by atoms with E-state index in [1.54, 1.807) is 37.1 Å². The maximum atomic E-state index is 13.2. The number of benzene rings is 2. The summed E-state index contributed by atoms with van der Waals surface area (Å²) in [5.41, 5.74) is 1.29. The average molecular weight is 445 g/mol. The first-order chi connectivity index (χ1) is 14.8. The lowest BCUT2D eigenvalue weighted by Crippen LogP contribution is -2.51. The molecule has 4 rings (SSSR count). The maximum absolute atomic E-state index is 13.2. The van der Waals surface area contributed by atoms with Crippen molar-refractivity contribution in [3.8, 4) is 5.75 Å². The highest BCUT2D eigenvalue weighted by Crippen LogP contribution is 2.26. The van der Waals surface area contributed by atoms with E-state index in [-0.39, 0.29) is 49.2 Å². The number of carbonyl (C=O) groups is 1. The van der Waals surface area contributed by atoms with E-state index in [1.165, 1.54) is 14.9 Å². The number of hydrogen-bond donors (Lipinski definition) is 0. The molecule has 1 aliphatic heterocycles. The van der Waals surface area contributed by atoms with Gasteiger partial charge in [0.1, 0.15) is 5.75 Å². The molecular weight excluding hydrogens is 422 g/mol. The Morgan fingerprint density at radius 2 is 1.77 bits per heavy atom. The van der Waals surface area contributed by atoms with Gasteiger partial charge in [0.15, 0.2) is 12.2 Å². The fourth-order valence-corrected chi connectivity index (χ4v) is 5.25. The highest BCUT2D eigenvalue weighted by molar-refractivity contribution is 7.89. The number of rotatable bonds is 5. The minimum absolute atomic E-state index is 0.0976. The highest BCUT2D eigenvalue weighted by atomic mass is 32.2. The van der Waals surface area contributed by atoms with Gasteiger partial charge in [0, 0.05) is 39.3 Å².